The highest BCUT2D eigenvalue weighted by Crippen LogP contribution is 2.14. The monoisotopic (exact) mass is 461 g/mol. The number of rotatable bonds is 7. The predicted octanol–water partition coefficient (Wildman–Crippen LogP) is 0.775. The van der Waals surface area contributed by atoms with Gasteiger partial charge in [-0.1, -0.05) is 35.5 Å². The summed E-state index contributed by atoms with van der Waals surface area (Å²) in [6, 6.07) is 11.2. The lowest BCUT2D eigenvalue weighted by Crippen LogP contribution is -2.54. The zero-order valence-electron chi connectivity index (χ0n) is 18.5. The molecule has 0 radical (unpaired) electrons. The van der Waals surface area contributed by atoms with Crippen molar-refractivity contribution in [3.8, 4) is 0 Å². The molecule has 174 valence electrons. The van der Waals surface area contributed by atoms with Gasteiger partial charge in [0.05, 0.1) is 18.0 Å². The molecule has 0 unspecified atom stereocenters. The number of carbonyl (C=O) groups is 1. The fourth-order valence-electron chi connectivity index (χ4n) is 4.21. The van der Waals surface area contributed by atoms with Gasteiger partial charge in [0.15, 0.2) is 0 Å². The molecule has 2 aromatic rings. The van der Waals surface area contributed by atoms with Gasteiger partial charge >= 0.3 is 0 Å². The Morgan fingerprint density at radius 3 is 2.25 bits per heavy atom. The molecule has 10 heteroatoms. The highest BCUT2D eigenvalue weighted by Gasteiger charge is 2.30. The predicted molar refractivity (Wildman–Crippen MR) is 120 cm³/mol. The number of hydrogen-bond acceptors (Lipinski definition) is 7. The van der Waals surface area contributed by atoms with Crippen molar-refractivity contribution in [2.24, 2.45) is 0 Å². The second-order valence-electron chi connectivity index (χ2n) is 8.50. The Bertz CT molecular complexity index is 994. The summed E-state index contributed by atoms with van der Waals surface area (Å²) in [6.07, 6.45) is 0. The molecule has 0 spiro atoms. The Balaban J connectivity index is 1.19. The van der Waals surface area contributed by atoms with Crippen LogP contribution in [0.4, 0.5) is 0 Å². The first kappa shape index (κ1) is 22.9. The van der Waals surface area contributed by atoms with Gasteiger partial charge in [0.1, 0.15) is 5.76 Å². The summed E-state index contributed by atoms with van der Waals surface area (Å²) < 4.78 is 32.1. The van der Waals surface area contributed by atoms with E-state index in [1.54, 1.807) is 4.90 Å². The summed E-state index contributed by atoms with van der Waals surface area (Å²) in [6.45, 7) is 8.04. The van der Waals surface area contributed by atoms with Crippen LogP contribution in [0.2, 0.25) is 0 Å². The van der Waals surface area contributed by atoms with Crippen LogP contribution in [-0.4, -0.2) is 97.4 Å². The van der Waals surface area contributed by atoms with Crippen molar-refractivity contribution in [2.45, 2.75) is 19.2 Å². The Hall–Kier alpha value is -2.27. The zero-order chi connectivity index (χ0) is 22.6. The molecule has 2 aliphatic heterocycles. The average molecular weight is 462 g/mol. The molecule has 0 saturated carbocycles. The Labute approximate surface area is 189 Å². The van der Waals surface area contributed by atoms with Gasteiger partial charge in [0.2, 0.25) is 15.9 Å². The minimum absolute atomic E-state index is 0.0000279. The first-order chi connectivity index (χ1) is 15.4. The van der Waals surface area contributed by atoms with E-state index < -0.39 is 10.0 Å². The molecule has 2 fully saturated rings. The van der Waals surface area contributed by atoms with E-state index in [0.717, 1.165) is 49.7 Å². The summed E-state index contributed by atoms with van der Waals surface area (Å²) in [5, 5.41) is 4.05. The molecule has 0 bridgehead atoms. The fourth-order valence-corrected chi connectivity index (χ4v) is 5.73. The maximum absolute atomic E-state index is 12.8. The molecular weight excluding hydrogens is 430 g/mol. The number of aromatic nitrogens is 1. The third-order valence-corrected chi connectivity index (χ3v) is 7.91. The van der Waals surface area contributed by atoms with E-state index in [9.17, 15) is 13.2 Å². The molecule has 9 nitrogen and oxygen atoms in total. The van der Waals surface area contributed by atoms with Gasteiger partial charge < -0.3 is 9.42 Å². The van der Waals surface area contributed by atoms with E-state index >= 15 is 0 Å². The number of nitrogens with zero attached hydrogens (tertiary/aromatic N) is 5. The molecule has 2 saturated heterocycles. The van der Waals surface area contributed by atoms with Crippen molar-refractivity contribution in [3.05, 3.63) is 53.4 Å². The summed E-state index contributed by atoms with van der Waals surface area (Å²) >= 11 is 0. The van der Waals surface area contributed by atoms with Crippen LogP contribution in [-0.2, 0) is 27.1 Å². The van der Waals surface area contributed by atoms with E-state index in [2.05, 4.69) is 15.0 Å². The van der Waals surface area contributed by atoms with E-state index in [1.165, 1.54) is 4.31 Å². The maximum atomic E-state index is 12.8. The molecule has 3 heterocycles. The number of hydrogen-bond donors (Lipinski definition) is 0. The highest BCUT2D eigenvalue weighted by molar-refractivity contribution is 7.88. The number of aryl methyl sites for hydroxylation is 1. The van der Waals surface area contributed by atoms with Crippen molar-refractivity contribution in [1.29, 1.82) is 0 Å². The van der Waals surface area contributed by atoms with Gasteiger partial charge in [0, 0.05) is 65.0 Å². The van der Waals surface area contributed by atoms with Gasteiger partial charge in [-0.3, -0.25) is 14.6 Å². The lowest BCUT2D eigenvalue weighted by atomic mass is 10.2. The fraction of sp³-hybridized carbons (Fsp3) is 0.545. The molecule has 1 aromatic heterocycles. The molecule has 0 atom stereocenters. The van der Waals surface area contributed by atoms with Gasteiger partial charge in [-0.05, 0) is 12.5 Å². The third kappa shape index (κ3) is 5.94. The minimum atomic E-state index is -3.38. The second kappa shape index (κ2) is 10.1. The Kier molecular flexibility index (Phi) is 7.24. The third-order valence-electron chi connectivity index (χ3n) is 6.06. The standard InChI is InChI=1S/C22H31N5O4S/c1-19-15-21(23-31-19)16-24-7-9-25(10-8-24)17-22(28)26-11-13-27(14-12-26)32(29,30)18-20-5-3-2-4-6-20/h2-6,15H,7-14,16-18H2,1H3. The van der Waals surface area contributed by atoms with E-state index in [1.807, 2.05) is 43.3 Å². The quantitative estimate of drug-likeness (QED) is 0.602. The van der Waals surface area contributed by atoms with Crippen molar-refractivity contribution < 1.29 is 17.7 Å². The highest BCUT2D eigenvalue weighted by atomic mass is 32.2. The van der Waals surface area contributed by atoms with Gasteiger partial charge in [-0.2, -0.15) is 4.31 Å². The van der Waals surface area contributed by atoms with E-state index in [0.29, 0.717) is 32.7 Å². The van der Waals surface area contributed by atoms with Crippen LogP contribution in [0.5, 0.6) is 0 Å². The number of sulfonamides is 1. The van der Waals surface area contributed by atoms with Crippen LogP contribution < -0.4 is 0 Å². The molecule has 0 N–H and O–H groups in total. The Morgan fingerprint density at radius 1 is 0.969 bits per heavy atom. The molecule has 0 aliphatic carbocycles. The van der Waals surface area contributed by atoms with Crippen molar-refractivity contribution in [2.75, 3.05) is 58.9 Å². The van der Waals surface area contributed by atoms with Gasteiger partial charge in [-0.25, -0.2) is 8.42 Å². The number of amides is 1. The first-order valence-corrected chi connectivity index (χ1v) is 12.7. The number of benzene rings is 1. The zero-order valence-corrected chi connectivity index (χ0v) is 19.3. The molecule has 32 heavy (non-hydrogen) atoms. The largest absolute Gasteiger partial charge is 0.361 e. The second-order valence-corrected chi connectivity index (χ2v) is 10.5. The maximum Gasteiger partial charge on any atom is 0.236 e. The average Bonchev–Trinajstić information content (AvgIpc) is 3.20. The van der Waals surface area contributed by atoms with Crippen LogP contribution >= 0.6 is 0 Å². The van der Waals surface area contributed by atoms with E-state index in [-0.39, 0.29) is 11.7 Å². The Morgan fingerprint density at radius 2 is 1.62 bits per heavy atom. The first-order valence-electron chi connectivity index (χ1n) is 11.1. The summed E-state index contributed by atoms with van der Waals surface area (Å²) in [5.41, 5.74) is 1.72. The summed E-state index contributed by atoms with van der Waals surface area (Å²) in [5.74, 6) is 0.892. The molecule has 1 amide bonds. The van der Waals surface area contributed by atoms with Crippen LogP contribution in [0, 0.1) is 6.92 Å². The van der Waals surface area contributed by atoms with Gasteiger partial charge in [0.25, 0.3) is 0 Å². The normalized spacial score (nSPS) is 19.3. The molecule has 1 aromatic carbocycles. The SMILES string of the molecule is Cc1cc(CN2CCN(CC(=O)N3CCN(S(=O)(=O)Cc4ccccc4)CC3)CC2)no1. The minimum Gasteiger partial charge on any atom is -0.361 e. The van der Waals surface area contributed by atoms with Gasteiger partial charge in [-0.15, -0.1) is 0 Å². The molecule has 2 aliphatic rings. The smallest absolute Gasteiger partial charge is 0.236 e. The summed E-state index contributed by atoms with van der Waals surface area (Å²) in [7, 11) is -3.38. The van der Waals surface area contributed by atoms with Crippen LogP contribution in [0.3, 0.4) is 0 Å². The van der Waals surface area contributed by atoms with Crippen LogP contribution in [0.1, 0.15) is 17.0 Å². The summed E-state index contributed by atoms with van der Waals surface area (Å²) in [4.78, 5) is 19.0. The topological polar surface area (TPSA) is 90.2 Å². The number of piperazine rings is 2. The van der Waals surface area contributed by atoms with Crippen LogP contribution in [0.25, 0.3) is 0 Å². The van der Waals surface area contributed by atoms with E-state index in [4.69, 9.17) is 4.52 Å². The molecular formula is C22H31N5O4S. The molecule has 4 rings (SSSR count). The lowest BCUT2D eigenvalue weighted by molar-refractivity contribution is -0.134. The van der Waals surface area contributed by atoms with Crippen molar-refractivity contribution in [1.82, 2.24) is 24.2 Å². The van der Waals surface area contributed by atoms with Crippen molar-refractivity contribution in [3.63, 3.8) is 0 Å². The van der Waals surface area contributed by atoms with Crippen molar-refractivity contribution >= 4 is 15.9 Å². The number of carbonyl (C=O) groups excluding carboxylic acids is 1. The van der Waals surface area contributed by atoms with Crippen LogP contribution in [0.15, 0.2) is 40.9 Å². The lowest BCUT2D eigenvalue weighted by Gasteiger charge is -2.37.